The van der Waals surface area contributed by atoms with Crippen LogP contribution in [0.3, 0.4) is 0 Å². The van der Waals surface area contributed by atoms with Gasteiger partial charge in [-0.25, -0.2) is 0 Å². The first-order valence-electron chi connectivity index (χ1n) is 11.9. The molecule has 0 aliphatic carbocycles. The number of fused-ring (bicyclic) bond motifs is 2. The van der Waals surface area contributed by atoms with Crippen LogP contribution < -0.4 is 10.6 Å². The van der Waals surface area contributed by atoms with Crippen LogP contribution >= 0.6 is 11.3 Å². The third-order valence-corrected chi connectivity index (χ3v) is 7.93. The molecule has 0 bridgehead atoms. The standard InChI is InChI=1S/C25H27N3O6S/c29-21-13-17(25(33)34-21)27-22(30)18-10-5-8-15-7-2-3-9-16(24(32)28(15)18)26-23(31)20-12-14-6-1-4-11-19(14)35-20/h1-4,6,11-12,15-18,25,33H,5,7-10,13H2,(H,26,31)(H,27,30)/t15-,16-,17?,18-,25?/m0/s1. The summed E-state index contributed by atoms with van der Waals surface area (Å²) in [6.45, 7) is 0. The molecule has 10 heteroatoms. The van der Waals surface area contributed by atoms with E-state index < -0.39 is 36.3 Å². The van der Waals surface area contributed by atoms with Gasteiger partial charge in [0.25, 0.3) is 5.91 Å². The highest BCUT2D eigenvalue weighted by molar-refractivity contribution is 7.20. The van der Waals surface area contributed by atoms with E-state index in [9.17, 15) is 24.3 Å². The van der Waals surface area contributed by atoms with E-state index in [0.717, 1.165) is 22.9 Å². The number of piperidine rings is 1. The van der Waals surface area contributed by atoms with Crippen molar-refractivity contribution in [3.8, 4) is 0 Å². The van der Waals surface area contributed by atoms with E-state index in [1.165, 1.54) is 11.3 Å². The number of benzene rings is 1. The fourth-order valence-electron chi connectivity index (χ4n) is 5.06. The van der Waals surface area contributed by atoms with E-state index in [1.54, 1.807) is 4.90 Å². The second kappa shape index (κ2) is 9.79. The van der Waals surface area contributed by atoms with Crippen molar-refractivity contribution in [2.24, 2.45) is 0 Å². The van der Waals surface area contributed by atoms with Crippen molar-refractivity contribution in [3.05, 3.63) is 47.4 Å². The molecule has 2 fully saturated rings. The summed E-state index contributed by atoms with van der Waals surface area (Å²) in [4.78, 5) is 53.5. The van der Waals surface area contributed by atoms with Gasteiger partial charge in [0.05, 0.1) is 11.3 Å². The van der Waals surface area contributed by atoms with Gasteiger partial charge in [-0.05, 0) is 49.6 Å². The van der Waals surface area contributed by atoms with Crippen LogP contribution in [0.2, 0.25) is 0 Å². The molecule has 35 heavy (non-hydrogen) atoms. The highest BCUT2D eigenvalue weighted by Gasteiger charge is 2.43. The molecule has 184 valence electrons. The number of carbonyl (C=O) groups excluding carboxylic acids is 4. The third-order valence-electron chi connectivity index (χ3n) is 6.81. The topological polar surface area (TPSA) is 125 Å². The van der Waals surface area contributed by atoms with Crippen molar-refractivity contribution < 1.29 is 29.0 Å². The second-order valence-electron chi connectivity index (χ2n) is 9.16. The number of thiophene rings is 1. The summed E-state index contributed by atoms with van der Waals surface area (Å²) in [6, 6.07) is 6.96. The lowest BCUT2D eigenvalue weighted by Gasteiger charge is -2.43. The quantitative estimate of drug-likeness (QED) is 0.437. The predicted molar refractivity (Wildman–Crippen MR) is 128 cm³/mol. The molecule has 3 aliphatic heterocycles. The number of esters is 1. The normalized spacial score (nSPS) is 28.7. The average molecular weight is 498 g/mol. The fourth-order valence-corrected chi connectivity index (χ4v) is 6.02. The number of aliphatic hydroxyl groups is 1. The Morgan fingerprint density at radius 2 is 1.89 bits per heavy atom. The van der Waals surface area contributed by atoms with E-state index in [-0.39, 0.29) is 24.3 Å². The van der Waals surface area contributed by atoms with Crippen molar-refractivity contribution in [3.63, 3.8) is 0 Å². The van der Waals surface area contributed by atoms with Crippen molar-refractivity contribution in [1.82, 2.24) is 15.5 Å². The Morgan fingerprint density at radius 1 is 1.09 bits per heavy atom. The van der Waals surface area contributed by atoms with Crippen LogP contribution in [0.25, 0.3) is 10.1 Å². The maximum Gasteiger partial charge on any atom is 0.310 e. The van der Waals surface area contributed by atoms with Crippen molar-refractivity contribution in [2.75, 3.05) is 0 Å². The zero-order valence-corrected chi connectivity index (χ0v) is 19.8. The molecular formula is C25H27N3O6S. The Balaban J connectivity index is 1.34. The average Bonchev–Trinajstić information content (AvgIpc) is 3.41. The van der Waals surface area contributed by atoms with Gasteiger partial charge in [-0.1, -0.05) is 30.4 Å². The number of cyclic esters (lactones) is 1. The Morgan fingerprint density at radius 3 is 2.66 bits per heavy atom. The monoisotopic (exact) mass is 497 g/mol. The molecule has 5 rings (SSSR count). The molecule has 3 amide bonds. The molecule has 3 aliphatic rings. The first-order valence-corrected chi connectivity index (χ1v) is 12.7. The number of aliphatic hydroxyl groups excluding tert-OH is 1. The smallest absolute Gasteiger partial charge is 0.310 e. The Kier molecular flexibility index (Phi) is 6.57. The minimum absolute atomic E-state index is 0.117. The predicted octanol–water partition coefficient (Wildman–Crippen LogP) is 1.85. The summed E-state index contributed by atoms with van der Waals surface area (Å²) in [5, 5.41) is 16.4. The van der Waals surface area contributed by atoms with E-state index in [0.29, 0.717) is 24.1 Å². The van der Waals surface area contributed by atoms with Gasteiger partial charge in [0.15, 0.2) is 0 Å². The van der Waals surface area contributed by atoms with Gasteiger partial charge in [-0.3, -0.25) is 19.2 Å². The lowest BCUT2D eigenvalue weighted by atomic mass is 9.90. The molecule has 5 atom stereocenters. The van der Waals surface area contributed by atoms with Gasteiger partial charge in [0.1, 0.15) is 18.1 Å². The minimum Gasteiger partial charge on any atom is -0.434 e. The van der Waals surface area contributed by atoms with E-state index >= 15 is 0 Å². The van der Waals surface area contributed by atoms with Gasteiger partial charge in [0, 0.05) is 10.7 Å². The molecule has 4 heterocycles. The molecule has 1 aromatic carbocycles. The number of amides is 3. The lowest BCUT2D eigenvalue weighted by Crippen LogP contribution is -2.62. The van der Waals surface area contributed by atoms with Crippen LogP contribution in [-0.2, 0) is 19.1 Å². The van der Waals surface area contributed by atoms with Crippen LogP contribution in [0.15, 0.2) is 42.5 Å². The molecule has 2 unspecified atom stereocenters. The Hall–Kier alpha value is -3.24. The first kappa shape index (κ1) is 23.5. The molecule has 0 radical (unpaired) electrons. The number of nitrogens with zero attached hydrogens (tertiary/aromatic N) is 1. The number of hydrogen-bond acceptors (Lipinski definition) is 7. The number of rotatable bonds is 4. The minimum atomic E-state index is -1.40. The maximum absolute atomic E-state index is 13.7. The molecular weight excluding hydrogens is 470 g/mol. The number of nitrogens with one attached hydrogen (secondary N) is 2. The summed E-state index contributed by atoms with van der Waals surface area (Å²) in [5.74, 6) is -1.63. The van der Waals surface area contributed by atoms with Crippen LogP contribution in [0.1, 0.15) is 48.2 Å². The zero-order valence-electron chi connectivity index (χ0n) is 19.0. The summed E-state index contributed by atoms with van der Waals surface area (Å²) in [7, 11) is 0. The number of carbonyl (C=O) groups is 4. The molecule has 0 saturated carbocycles. The van der Waals surface area contributed by atoms with E-state index in [1.807, 2.05) is 42.5 Å². The zero-order chi connectivity index (χ0) is 24.5. The van der Waals surface area contributed by atoms with Gasteiger partial charge in [-0.2, -0.15) is 0 Å². The van der Waals surface area contributed by atoms with Crippen molar-refractivity contribution >= 4 is 45.1 Å². The third kappa shape index (κ3) is 4.81. The van der Waals surface area contributed by atoms with Crippen LogP contribution in [0.5, 0.6) is 0 Å². The molecule has 9 nitrogen and oxygen atoms in total. The summed E-state index contributed by atoms with van der Waals surface area (Å²) < 4.78 is 5.71. The van der Waals surface area contributed by atoms with Gasteiger partial charge in [-0.15, -0.1) is 11.3 Å². The summed E-state index contributed by atoms with van der Waals surface area (Å²) >= 11 is 1.37. The Bertz CT molecular complexity index is 1160. The van der Waals surface area contributed by atoms with Crippen molar-refractivity contribution in [1.29, 1.82) is 0 Å². The van der Waals surface area contributed by atoms with Crippen LogP contribution in [-0.4, -0.2) is 64.2 Å². The molecule has 2 aromatic rings. The van der Waals surface area contributed by atoms with Gasteiger partial charge in [0.2, 0.25) is 18.1 Å². The lowest BCUT2D eigenvalue weighted by molar-refractivity contribution is -0.156. The highest BCUT2D eigenvalue weighted by atomic mass is 32.1. The fraction of sp³-hybridized carbons (Fsp3) is 0.440. The van der Waals surface area contributed by atoms with Crippen LogP contribution in [0.4, 0.5) is 0 Å². The maximum atomic E-state index is 13.7. The molecule has 0 spiro atoms. The highest BCUT2D eigenvalue weighted by Crippen LogP contribution is 2.30. The summed E-state index contributed by atoms with van der Waals surface area (Å²) in [6.07, 6.45) is 5.33. The first-order chi connectivity index (χ1) is 16.9. The molecule has 3 N–H and O–H groups in total. The second-order valence-corrected chi connectivity index (χ2v) is 10.2. The van der Waals surface area contributed by atoms with E-state index in [2.05, 4.69) is 10.6 Å². The Labute approximate surface area is 206 Å². The van der Waals surface area contributed by atoms with Crippen LogP contribution in [0, 0.1) is 0 Å². The number of ether oxygens (including phenoxy) is 1. The van der Waals surface area contributed by atoms with E-state index in [4.69, 9.17) is 4.74 Å². The molecule has 1 aromatic heterocycles. The SMILES string of the molecule is O=C1CC(NC(=O)[C@@H]2CCC[C@@H]3CC=CC[C@H](NC(=O)c4cc5ccccc5s4)C(=O)N32)C(O)O1. The van der Waals surface area contributed by atoms with Crippen molar-refractivity contribution in [2.45, 2.75) is 69.0 Å². The van der Waals surface area contributed by atoms with Gasteiger partial charge >= 0.3 is 5.97 Å². The molecule has 2 saturated heterocycles. The van der Waals surface area contributed by atoms with Gasteiger partial charge < -0.3 is 25.4 Å². The largest absolute Gasteiger partial charge is 0.434 e. The number of hydrogen-bond donors (Lipinski definition) is 3. The summed E-state index contributed by atoms with van der Waals surface area (Å²) in [5.41, 5.74) is 0.